The van der Waals surface area contributed by atoms with E-state index in [1.807, 2.05) is 4.90 Å². The van der Waals surface area contributed by atoms with Crippen molar-refractivity contribution in [2.45, 2.75) is 12.2 Å². The Morgan fingerprint density at radius 1 is 1.29 bits per heavy atom. The quantitative estimate of drug-likeness (QED) is 0.884. The van der Waals surface area contributed by atoms with Crippen molar-refractivity contribution in [3.05, 3.63) is 34.3 Å². The highest BCUT2D eigenvalue weighted by atomic mass is 35.5. The van der Waals surface area contributed by atoms with E-state index in [1.54, 1.807) is 6.07 Å². The molecule has 0 saturated carbocycles. The van der Waals surface area contributed by atoms with Gasteiger partial charge in [-0.25, -0.2) is 0 Å². The van der Waals surface area contributed by atoms with Crippen LogP contribution in [0.15, 0.2) is 18.2 Å². The number of rotatable bonds is 3. The standard InChI is InChI=1S/C13H16ClF3N2O.ClH/c14-11-2-1-9(7-10(11)13(15,16)17)12(8-20)19-5-3-18-4-6-19;/h1-2,7,12,18,20H,3-6,8H2;1H/t12-;/m0./s1. The molecule has 1 heterocycles. The topological polar surface area (TPSA) is 35.5 Å². The summed E-state index contributed by atoms with van der Waals surface area (Å²) in [6.45, 7) is 2.68. The van der Waals surface area contributed by atoms with Gasteiger partial charge in [0.05, 0.1) is 23.2 Å². The van der Waals surface area contributed by atoms with Crippen LogP contribution >= 0.6 is 24.0 Å². The number of hydrogen-bond donors (Lipinski definition) is 2. The molecule has 0 radical (unpaired) electrons. The molecule has 0 aliphatic carbocycles. The molecule has 0 aromatic heterocycles. The highest BCUT2D eigenvalue weighted by Crippen LogP contribution is 2.36. The molecule has 2 rings (SSSR count). The molecule has 1 aliphatic heterocycles. The number of alkyl halides is 3. The Bertz CT molecular complexity index is 465. The summed E-state index contributed by atoms with van der Waals surface area (Å²) in [6.07, 6.45) is -4.49. The highest BCUT2D eigenvalue weighted by molar-refractivity contribution is 6.31. The van der Waals surface area contributed by atoms with Gasteiger partial charge in [0, 0.05) is 26.2 Å². The lowest BCUT2D eigenvalue weighted by atomic mass is 10.0. The second-order valence-corrected chi connectivity index (χ2v) is 5.13. The fourth-order valence-corrected chi connectivity index (χ4v) is 2.62. The van der Waals surface area contributed by atoms with Crippen LogP contribution in [0.1, 0.15) is 17.2 Å². The molecule has 120 valence electrons. The molecular weight excluding hydrogens is 328 g/mol. The van der Waals surface area contributed by atoms with E-state index in [2.05, 4.69) is 5.32 Å². The minimum atomic E-state index is -4.49. The van der Waals surface area contributed by atoms with E-state index in [9.17, 15) is 18.3 Å². The lowest BCUT2D eigenvalue weighted by molar-refractivity contribution is -0.137. The number of nitrogens with zero attached hydrogens (tertiary/aromatic N) is 1. The Labute approximate surface area is 132 Å². The van der Waals surface area contributed by atoms with Gasteiger partial charge in [0.1, 0.15) is 0 Å². The maximum atomic E-state index is 12.9. The summed E-state index contributed by atoms with van der Waals surface area (Å²) >= 11 is 5.61. The van der Waals surface area contributed by atoms with Crippen molar-refractivity contribution in [1.82, 2.24) is 10.2 Å². The number of benzene rings is 1. The van der Waals surface area contributed by atoms with Gasteiger partial charge in [-0.1, -0.05) is 17.7 Å². The molecule has 0 unspecified atom stereocenters. The largest absolute Gasteiger partial charge is 0.417 e. The fraction of sp³-hybridized carbons (Fsp3) is 0.538. The van der Waals surface area contributed by atoms with Crippen molar-refractivity contribution in [2.75, 3.05) is 32.8 Å². The number of halogens is 5. The molecular formula is C13H17Cl2F3N2O. The average molecular weight is 345 g/mol. The van der Waals surface area contributed by atoms with Gasteiger partial charge in [-0.15, -0.1) is 12.4 Å². The van der Waals surface area contributed by atoms with E-state index in [-0.39, 0.29) is 24.0 Å². The normalized spacial score (nSPS) is 18.1. The lowest BCUT2D eigenvalue weighted by Crippen LogP contribution is -2.46. The Morgan fingerprint density at radius 2 is 1.90 bits per heavy atom. The molecule has 1 aliphatic rings. The van der Waals surface area contributed by atoms with Crippen molar-refractivity contribution in [1.29, 1.82) is 0 Å². The predicted octanol–water partition coefficient (Wildman–Crippen LogP) is 2.72. The van der Waals surface area contributed by atoms with Crippen LogP contribution in [0.2, 0.25) is 5.02 Å². The van der Waals surface area contributed by atoms with Crippen molar-refractivity contribution in [2.24, 2.45) is 0 Å². The van der Waals surface area contributed by atoms with E-state index in [0.717, 1.165) is 19.2 Å². The first kappa shape index (κ1) is 18.5. The van der Waals surface area contributed by atoms with Gasteiger partial charge >= 0.3 is 6.18 Å². The summed E-state index contributed by atoms with van der Waals surface area (Å²) in [6, 6.07) is 3.38. The predicted molar refractivity (Wildman–Crippen MR) is 78.0 cm³/mol. The van der Waals surface area contributed by atoms with E-state index < -0.39 is 17.8 Å². The van der Waals surface area contributed by atoms with Crippen LogP contribution in [0.25, 0.3) is 0 Å². The minimum Gasteiger partial charge on any atom is -0.394 e. The van der Waals surface area contributed by atoms with E-state index >= 15 is 0 Å². The second-order valence-electron chi connectivity index (χ2n) is 4.72. The fourth-order valence-electron chi connectivity index (χ4n) is 2.39. The van der Waals surface area contributed by atoms with Crippen LogP contribution in [0.4, 0.5) is 13.2 Å². The van der Waals surface area contributed by atoms with Crippen molar-refractivity contribution < 1.29 is 18.3 Å². The molecule has 1 fully saturated rings. The summed E-state index contributed by atoms with van der Waals surface area (Å²) in [5, 5.41) is 12.4. The molecule has 2 N–H and O–H groups in total. The van der Waals surface area contributed by atoms with Gasteiger partial charge in [-0.05, 0) is 17.7 Å². The SMILES string of the molecule is Cl.OC[C@@H](c1ccc(Cl)c(C(F)(F)F)c1)N1CCNCC1. The van der Waals surface area contributed by atoms with Crippen LogP contribution < -0.4 is 5.32 Å². The van der Waals surface area contributed by atoms with Gasteiger partial charge in [-0.2, -0.15) is 13.2 Å². The van der Waals surface area contributed by atoms with Crippen LogP contribution in [0.5, 0.6) is 0 Å². The summed E-state index contributed by atoms with van der Waals surface area (Å²) in [5.74, 6) is 0. The highest BCUT2D eigenvalue weighted by Gasteiger charge is 2.34. The molecule has 0 spiro atoms. The first-order valence-electron chi connectivity index (χ1n) is 6.35. The summed E-state index contributed by atoms with van der Waals surface area (Å²) in [4.78, 5) is 1.97. The van der Waals surface area contributed by atoms with Gasteiger partial charge in [-0.3, -0.25) is 4.90 Å². The zero-order valence-electron chi connectivity index (χ0n) is 11.2. The Hall–Kier alpha value is -0.530. The third-order valence-corrected chi connectivity index (χ3v) is 3.78. The molecule has 3 nitrogen and oxygen atoms in total. The van der Waals surface area contributed by atoms with Crippen molar-refractivity contribution in [3.8, 4) is 0 Å². The average Bonchev–Trinajstić information content (AvgIpc) is 2.41. The van der Waals surface area contributed by atoms with Crippen LogP contribution in [0, 0.1) is 0 Å². The zero-order chi connectivity index (χ0) is 14.8. The lowest BCUT2D eigenvalue weighted by Gasteiger charge is -2.34. The van der Waals surface area contributed by atoms with E-state index in [4.69, 9.17) is 11.6 Å². The number of piperazine rings is 1. The molecule has 0 amide bonds. The maximum absolute atomic E-state index is 12.9. The molecule has 1 aromatic rings. The number of aliphatic hydroxyl groups excluding tert-OH is 1. The third-order valence-electron chi connectivity index (χ3n) is 3.45. The number of aliphatic hydroxyl groups is 1. The van der Waals surface area contributed by atoms with Crippen molar-refractivity contribution >= 4 is 24.0 Å². The van der Waals surface area contributed by atoms with Crippen LogP contribution in [-0.2, 0) is 6.18 Å². The molecule has 8 heteroatoms. The van der Waals surface area contributed by atoms with Gasteiger partial charge in [0.15, 0.2) is 0 Å². The Morgan fingerprint density at radius 3 is 2.43 bits per heavy atom. The second kappa shape index (κ2) is 7.65. The van der Waals surface area contributed by atoms with E-state index in [1.165, 1.54) is 6.07 Å². The maximum Gasteiger partial charge on any atom is 0.417 e. The smallest absolute Gasteiger partial charge is 0.394 e. The Balaban J connectivity index is 0.00000220. The molecule has 0 bridgehead atoms. The molecule has 1 saturated heterocycles. The first-order chi connectivity index (χ1) is 9.43. The number of hydrogen-bond acceptors (Lipinski definition) is 3. The summed E-state index contributed by atoms with van der Waals surface area (Å²) in [5.41, 5.74) is -0.420. The van der Waals surface area contributed by atoms with Gasteiger partial charge in [0.2, 0.25) is 0 Å². The first-order valence-corrected chi connectivity index (χ1v) is 6.73. The van der Waals surface area contributed by atoms with E-state index in [0.29, 0.717) is 18.7 Å². The molecule has 21 heavy (non-hydrogen) atoms. The van der Waals surface area contributed by atoms with Crippen molar-refractivity contribution in [3.63, 3.8) is 0 Å². The zero-order valence-corrected chi connectivity index (χ0v) is 12.7. The van der Waals surface area contributed by atoms with Crippen LogP contribution in [0.3, 0.4) is 0 Å². The van der Waals surface area contributed by atoms with Gasteiger partial charge in [0.25, 0.3) is 0 Å². The summed E-state index contributed by atoms with van der Waals surface area (Å²) in [7, 11) is 0. The number of nitrogens with one attached hydrogen (secondary N) is 1. The summed E-state index contributed by atoms with van der Waals surface area (Å²) < 4.78 is 38.6. The molecule has 1 aromatic carbocycles. The Kier molecular flexibility index (Phi) is 6.74. The monoisotopic (exact) mass is 344 g/mol. The minimum absolute atomic E-state index is 0. The van der Waals surface area contributed by atoms with Crippen LogP contribution in [-0.4, -0.2) is 42.8 Å². The van der Waals surface area contributed by atoms with Gasteiger partial charge < -0.3 is 10.4 Å². The third kappa shape index (κ3) is 4.47. The molecule has 1 atom stereocenters.